The molecule has 0 bridgehead atoms. The van der Waals surface area contributed by atoms with Crippen LogP contribution in [-0.2, 0) is 5.54 Å². The second-order valence-electron chi connectivity index (χ2n) is 5.98. The van der Waals surface area contributed by atoms with Crippen LogP contribution in [0.3, 0.4) is 0 Å². The third-order valence-electron chi connectivity index (χ3n) is 4.37. The Labute approximate surface area is 138 Å². The van der Waals surface area contributed by atoms with Crippen molar-refractivity contribution in [2.24, 2.45) is 5.73 Å². The molecule has 2 fully saturated rings. The molecule has 1 aliphatic carbocycles. The van der Waals surface area contributed by atoms with E-state index in [9.17, 15) is 0 Å². The first-order chi connectivity index (χ1) is 10.7. The van der Waals surface area contributed by atoms with Crippen molar-refractivity contribution in [3.63, 3.8) is 0 Å². The van der Waals surface area contributed by atoms with Crippen LogP contribution in [-0.4, -0.2) is 21.6 Å². The van der Waals surface area contributed by atoms with Crippen LogP contribution >= 0.6 is 23.5 Å². The lowest BCUT2D eigenvalue weighted by atomic mass is 9.77. The van der Waals surface area contributed by atoms with Gasteiger partial charge in [-0.05, 0) is 54.9 Å². The second-order valence-corrected chi connectivity index (χ2v) is 8.71. The van der Waals surface area contributed by atoms with Crippen molar-refractivity contribution in [3.8, 4) is 11.5 Å². The van der Waals surface area contributed by atoms with Crippen molar-refractivity contribution in [2.75, 3.05) is 11.5 Å². The maximum absolute atomic E-state index is 6.25. The van der Waals surface area contributed by atoms with Gasteiger partial charge in [-0.3, -0.25) is 0 Å². The standard InChI is InChI=1S/C16H19N3OS2/c17-16(7-1-8-16)15-18-13(20-19-15)11-3-5-12(6-4-11)14-21-9-2-10-22-14/h3-6,14H,1-2,7-10,17H2. The number of nitrogens with two attached hydrogens (primary N) is 1. The van der Waals surface area contributed by atoms with Crippen LogP contribution in [0.25, 0.3) is 11.5 Å². The van der Waals surface area contributed by atoms with E-state index in [1.54, 1.807) is 0 Å². The molecule has 0 unspecified atom stereocenters. The minimum Gasteiger partial charge on any atom is -0.334 e. The average molecular weight is 333 g/mol. The molecule has 4 rings (SSSR count). The largest absolute Gasteiger partial charge is 0.334 e. The van der Waals surface area contributed by atoms with Crippen molar-refractivity contribution in [1.82, 2.24) is 10.1 Å². The van der Waals surface area contributed by atoms with E-state index in [0.717, 1.165) is 24.8 Å². The Balaban J connectivity index is 1.53. The Kier molecular flexibility index (Phi) is 3.92. The van der Waals surface area contributed by atoms with Crippen molar-refractivity contribution in [2.45, 2.75) is 35.8 Å². The zero-order valence-electron chi connectivity index (χ0n) is 12.3. The van der Waals surface area contributed by atoms with Gasteiger partial charge in [0, 0.05) is 5.56 Å². The van der Waals surface area contributed by atoms with E-state index in [0.29, 0.717) is 16.3 Å². The fourth-order valence-corrected chi connectivity index (χ4v) is 5.68. The first-order valence-electron chi connectivity index (χ1n) is 7.71. The molecule has 0 atom stereocenters. The van der Waals surface area contributed by atoms with Crippen LogP contribution in [0.2, 0.25) is 0 Å². The Morgan fingerprint density at radius 2 is 1.82 bits per heavy atom. The highest BCUT2D eigenvalue weighted by Gasteiger charge is 2.39. The molecule has 116 valence electrons. The summed E-state index contributed by atoms with van der Waals surface area (Å²) in [5, 5.41) is 4.08. The molecule has 1 saturated carbocycles. The van der Waals surface area contributed by atoms with E-state index in [1.807, 2.05) is 23.5 Å². The molecule has 2 aliphatic rings. The van der Waals surface area contributed by atoms with Crippen LogP contribution in [0, 0.1) is 0 Å². The number of hydrogen-bond donors (Lipinski definition) is 1. The predicted molar refractivity (Wildman–Crippen MR) is 91.7 cm³/mol. The summed E-state index contributed by atoms with van der Waals surface area (Å²) in [7, 11) is 0. The van der Waals surface area contributed by atoms with E-state index >= 15 is 0 Å². The minimum absolute atomic E-state index is 0.364. The van der Waals surface area contributed by atoms with Gasteiger partial charge in [-0.2, -0.15) is 4.98 Å². The molecule has 0 amide bonds. The molecule has 0 spiro atoms. The Morgan fingerprint density at radius 1 is 1.09 bits per heavy atom. The lowest BCUT2D eigenvalue weighted by Crippen LogP contribution is -2.44. The molecule has 2 heterocycles. The summed E-state index contributed by atoms with van der Waals surface area (Å²) >= 11 is 4.06. The molecule has 1 aliphatic heterocycles. The van der Waals surface area contributed by atoms with Gasteiger partial charge >= 0.3 is 0 Å². The molecule has 0 radical (unpaired) electrons. The van der Waals surface area contributed by atoms with Crippen LogP contribution < -0.4 is 5.73 Å². The predicted octanol–water partition coefficient (Wildman–Crippen LogP) is 3.94. The van der Waals surface area contributed by atoms with E-state index in [1.165, 1.54) is 23.5 Å². The Morgan fingerprint density at radius 3 is 2.45 bits per heavy atom. The maximum atomic E-state index is 6.25. The summed E-state index contributed by atoms with van der Waals surface area (Å²) in [6, 6.07) is 8.51. The van der Waals surface area contributed by atoms with E-state index in [2.05, 4.69) is 34.4 Å². The molecule has 1 aromatic heterocycles. The van der Waals surface area contributed by atoms with Gasteiger partial charge in [0.15, 0.2) is 5.82 Å². The van der Waals surface area contributed by atoms with Gasteiger partial charge in [0.2, 0.25) is 0 Å². The first kappa shape index (κ1) is 14.6. The van der Waals surface area contributed by atoms with Gasteiger partial charge in [0.25, 0.3) is 5.89 Å². The van der Waals surface area contributed by atoms with Crippen LogP contribution in [0.4, 0.5) is 0 Å². The highest BCUT2D eigenvalue weighted by Crippen LogP contribution is 2.44. The van der Waals surface area contributed by atoms with E-state index < -0.39 is 0 Å². The highest BCUT2D eigenvalue weighted by molar-refractivity contribution is 8.16. The number of rotatable bonds is 3. The summed E-state index contributed by atoms with van der Waals surface area (Å²) in [6.07, 6.45) is 4.35. The fourth-order valence-electron chi connectivity index (χ4n) is 2.79. The molecule has 2 aromatic rings. The minimum atomic E-state index is -0.364. The van der Waals surface area contributed by atoms with Crippen LogP contribution in [0.1, 0.15) is 41.7 Å². The number of nitrogens with zero attached hydrogens (tertiary/aromatic N) is 2. The molecular formula is C16H19N3OS2. The fraction of sp³-hybridized carbons (Fsp3) is 0.500. The van der Waals surface area contributed by atoms with Gasteiger partial charge in [0.05, 0.1) is 10.1 Å². The van der Waals surface area contributed by atoms with E-state index in [4.69, 9.17) is 10.3 Å². The maximum Gasteiger partial charge on any atom is 0.257 e. The summed E-state index contributed by atoms with van der Waals surface area (Å²) in [6.45, 7) is 0. The number of hydrogen-bond acceptors (Lipinski definition) is 6. The third-order valence-corrected chi connectivity index (χ3v) is 7.39. The first-order valence-corrected chi connectivity index (χ1v) is 9.81. The van der Waals surface area contributed by atoms with Crippen LogP contribution in [0.5, 0.6) is 0 Å². The van der Waals surface area contributed by atoms with Gasteiger partial charge in [0.1, 0.15) is 0 Å². The Bertz CT molecular complexity index is 646. The summed E-state index contributed by atoms with van der Waals surface area (Å²) < 4.78 is 5.97. The molecule has 4 nitrogen and oxygen atoms in total. The summed E-state index contributed by atoms with van der Waals surface area (Å²) in [4.78, 5) is 4.50. The number of aromatic nitrogens is 2. The Hall–Kier alpha value is -0.980. The van der Waals surface area contributed by atoms with Gasteiger partial charge in [-0.15, -0.1) is 23.5 Å². The van der Waals surface area contributed by atoms with Crippen molar-refractivity contribution in [1.29, 1.82) is 0 Å². The number of thioether (sulfide) groups is 2. The lowest BCUT2D eigenvalue weighted by molar-refractivity contribution is 0.229. The van der Waals surface area contributed by atoms with Gasteiger partial charge < -0.3 is 10.3 Å². The molecule has 1 saturated heterocycles. The molecule has 2 N–H and O–H groups in total. The normalized spacial score (nSPS) is 21.5. The van der Waals surface area contributed by atoms with Crippen LogP contribution in [0.15, 0.2) is 28.8 Å². The molecule has 6 heteroatoms. The van der Waals surface area contributed by atoms with Gasteiger partial charge in [-0.25, -0.2) is 0 Å². The highest BCUT2D eigenvalue weighted by atomic mass is 32.2. The lowest BCUT2D eigenvalue weighted by Gasteiger charge is -2.34. The zero-order chi connectivity index (χ0) is 15.0. The topological polar surface area (TPSA) is 64.9 Å². The van der Waals surface area contributed by atoms with Crippen molar-refractivity contribution in [3.05, 3.63) is 35.7 Å². The average Bonchev–Trinajstić information content (AvgIpc) is 3.04. The molecule has 1 aromatic carbocycles. The summed E-state index contributed by atoms with van der Waals surface area (Å²) in [5.74, 6) is 3.73. The van der Waals surface area contributed by atoms with Crippen molar-refractivity contribution >= 4 is 23.5 Å². The quantitative estimate of drug-likeness (QED) is 0.917. The van der Waals surface area contributed by atoms with Gasteiger partial charge in [-0.1, -0.05) is 17.3 Å². The van der Waals surface area contributed by atoms with Crippen molar-refractivity contribution < 1.29 is 4.52 Å². The summed E-state index contributed by atoms with van der Waals surface area (Å²) in [5.41, 5.74) is 8.22. The zero-order valence-corrected chi connectivity index (χ0v) is 14.0. The second kappa shape index (κ2) is 5.91. The SMILES string of the molecule is NC1(c2noc(-c3ccc(C4SCCCS4)cc3)n2)CCC1. The molecular weight excluding hydrogens is 314 g/mol. The van der Waals surface area contributed by atoms with E-state index in [-0.39, 0.29) is 5.54 Å². The molecule has 22 heavy (non-hydrogen) atoms. The monoisotopic (exact) mass is 333 g/mol. The number of benzene rings is 1. The smallest absolute Gasteiger partial charge is 0.257 e. The third kappa shape index (κ3) is 2.68.